The van der Waals surface area contributed by atoms with E-state index in [0.29, 0.717) is 0 Å². The number of nitrogens with one attached hydrogen (secondary N) is 2. The van der Waals surface area contributed by atoms with Crippen LogP contribution >= 0.6 is 0 Å². The number of hydrogen-bond acceptors (Lipinski definition) is 5. The van der Waals surface area contributed by atoms with Crippen molar-refractivity contribution in [3.63, 3.8) is 0 Å². The second kappa shape index (κ2) is 7.54. The molecule has 1 atom stereocenters. The molecule has 1 aromatic heterocycles. The Bertz CT molecular complexity index is 874. The van der Waals surface area contributed by atoms with E-state index in [9.17, 15) is 14.7 Å². The SMILES string of the molecule is O=C(Cc1cccc2ccccc12)NC(CO)C(=O)Nn1cnnc1. The highest BCUT2D eigenvalue weighted by molar-refractivity contribution is 5.94. The summed E-state index contributed by atoms with van der Waals surface area (Å²) < 4.78 is 1.24. The number of rotatable bonds is 6. The smallest absolute Gasteiger partial charge is 0.263 e. The van der Waals surface area contributed by atoms with Crippen LogP contribution in [0.25, 0.3) is 10.8 Å². The highest BCUT2D eigenvalue weighted by atomic mass is 16.3. The average Bonchev–Trinajstić information content (AvgIpc) is 3.13. The van der Waals surface area contributed by atoms with E-state index in [0.717, 1.165) is 16.3 Å². The third-order valence-corrected chi connectivity index (χ3v) is 3.72. The summed E-state index contributed by atoms with van der Waals surface area (Å²) >= 11 is 0. The Morgan fingerprint density at radius 2 is 1.80 bits per heavy atom. The Kier molecular flexibility index (Phi) is 5.00. The van der Waals surface area contributed by atoms with E-state index < -0.39 is 18.6 Å². The van der Waals surface area contributed by atoms with Gasteiger partial charge in [-0.3, -0.25) is 15.0 Å². The molecule has 0 bridgehead atoms. The minimum absolute atomic E-state index is 0.109. The lowest BCUT2D eigenvalue weighted by Gasteiger charge is -2.16. The number of aromatic nitrogens is 3. The third-order valence-electron chi connectivity index (χ3n) is 3.72. The van der Waals surface area contributed by atoms with Gasteiger partial charge in [0, 0.05) is 0 Å². The fourth-order valence-electron chi connectivity index (χ4n) is 2.52. The molecule has 0 saturated carbocycles. The largest absolute Gasteiger partial charge is 0.394 e. The molecule has 3 N–H and O–H groups in total. The van der Waals surface area contributed by atoms with Gasteiger partial charge >= 0.3 is 0 Å². The molecule has 0 spiro atoms. The molecule has 2 aromatic carbocycles. The van der Waals surface area contributed by atoms with E-state index >= 15 is 0 Å². The van der Waals surface area contributed by atoms with Crippen molar-refractivity contribution in [2.75, 3.05) is 12.0 Å². The summed E-state index contributed by atoms with van der Waals surface area (Å²) in [5, 5.41) is 21.1. The zero-order chi connectivity index (χ0) is 17.6. The maximum Gasteiger partial charge on any atom is 0.263 e. The standard InChI is InChI=1S/C17H17N5O3/c23-9-15(17(25)21-22-10-18-19-11-22)20-16(24)8-13-6-3-5-12-4-1-2-7-14(12)13/h1-7,10-11,15,23H,8-9H2,(H,20,24)(H,21,25). The quantitative estimate of drug-likeness (QED) is 0.595. The van der Waals surface area contributed by atoms with E-state index in [-0.39, 0.29) is 12.3 Å². The van der Waals surface area contributed by atoms with Gasteiger partial charge in [-0.25, -0.2) is 4.68 Å². The van der Waals surface area contributed by atoms with Crippen LogP contribution in [0, 0.1) is 0 Å². The Hall–Kier alpha value is -3.26. The minimum atomic E-state index is -1.06. The van der Waals surface area contributed by atoms with Crippen molar-refractivity contribution in [1.29, 1.82) is 0 Å². The van der Waals surface area contributed by atoms with Gasteiger partial charge in [-0.05, 0) is 16.3 Å². The van der Waals surface area contributed by atoms with Crippen LogP contribution in [0.3, 0.4) is 0 Å². The van der Waals surface area contributed by atoms with Crippen LogP contribution in [-0.2, 0) is 16.0 Å². The van der Waals surface area contributed by atoms with Crippen molar-refractivity contribution in [3.8, 4) is 0 Å². The van der Waals surface area contributed by atoms with Crippen molar-refractivity contribution in [1.82, 2.24) is 20.2 Å². The number of hydrogen-bond donors (Lipinski definition) is 3. The maximum absolute atomic E-state index is 12.3. The number of carbonyl (C=O) groups excluding carboxylic acids is 2. The summed E-state index contributed by atoms with van der Waals surface area (Å²) in [5.41, 5.74) is 3.30. The lowest BCUT2D eigenvalue weighted by molar-refractivity contribution is -0.127. The summed E-state index contributed by atoms with van der Waals surface area (Å²) in [4.78, 5) is 24.4. The molecule has 0 aliphatic rings. The third kappa shape index (κ3) is 3.99. The summed E-state index contributed by atoms with van der Waals surface area (Å²) in [6, 6.07) is 12.4. The van der Waals surface area contributed by atoms with E-state index in [4.69, 9.17) is 0 Å². The first-order valence-corrected chi connectivity index (χ1v) is 7.69. The van der Waals surface area contributed by atoms with Gasteiger partial charge in [0.2, 0.25) is 5.91 Å². The predicted octanol–water partition coefficient (Wildman–Crippen LogP) is 0.221. The molecule has 0 fully saturated rings. The van der Waals surface area contributed by atoms with Crippen LogP contribution in [0.2, 0.25) is 0 Å². The predicted molar refractivity (Wildman–Crippen MR) is 91.1 cm³/mol. The second-order valence-electron chi connectivity index (χ2n) is 5.46. The molecule has 1 heterocycles. The fourth-order valence-corrected chi connectivity index (χ4v) is 2.52. The summed E-state index contributed by atoms with van der Waals surface area (Å²) in [5.74, 6) is -0.914. The fraction of sp³-hybridized carbons (Fsp3) is 0.176. The molecule has 128 valence electrons. The van der Waals surface area contributed by atoms with Crippen molar-refractivity contribution in [2.24, 2.45) is 0 Å². The molecule has 8 nitrogen and oxygen atoms in total. The van der Waals surface area contributed by atoms with Gasteiger partial charge in [0.15, 0.2) is 0 Å². The average molecular weight is 339 g/mol. The van der Waals surface area contributed by atoms with Gasteiger partial charge in [-0.2, -0.15) is 0 Å². The maximum atomic E-state index is 12.3. The summed E-state index contributed by atoms with van der Waals surface area (Å²) in [7, 11) is 0. The number of aliphatic hydroxyl groups is 1. The van der Waals surface area contributed by atoms with E-state index in [1.165, 1.54) is 17.3 Å². The molecule has 25 heavy (non-hydrogen) atoms. The number of aliphatic hydroxyl groups excluding tert-OH is 1. The van der Waals surface area contributed by atoms with E-state index in [2.05, 4.69) is 20.9 Å². The van der Waals surface area contributed by atoms with Gasteiger partial charge in [0.05, 0.1) is 13.0 Å². The van der Waals surface area contributed by atoms with Gasteiger partial charge in [-0.15, -0.1) is 10.2 Å². The van der Waals surface area contributed by atoms with Gasteiger partial charge in [0.1, 0.15) is 18.7 Å². The van der Waals surface area contributed by atoms with Crippen LogP contribution in [0.4, 0.5) is 0 Å². The monoisotopic (exact) mass is 339 g/mol. The molecule has 3 rings (SSSR count). The molecule has 2 amide bonds. The first-order valence-electron chi connectivity index (χ1n) is 7.69. The Labute approximate surface area is 143 Å². The summed E-state index contributed by atoms with van der Waals surface area (Å²) in [6.45, 7) is -0.519. The number of benzene rings is 2. The second-order valence-corrected chi connectivity index (χ2v) is 5.46. The molecule has 0 aliphatic heterocycles. The van der Waals surface area contributed by atoms with Crippen LogP contribution < -0.4 is 10.7 Å². The van der Waals surface area contributed by atoms with Crippen molar-refractivity contribution >= 4 is 22.6 Å². The van der Waals surface area contributed by atoms with Crippen LogP contribution in [-0.4, -0.2) is 44.4 Å². The molecular weight excluding hydrogens is 322 g/mol. The molecule has 0 aliphatic carbocycles. The highest BCUT2D eigenvalue weighted by Gasteiger charge is 2.20. The minimum Gasteiger partial charge on any atom is -0.394 e. The lowest BCUT2D eigenvalue weighted by Crippen LogP contribution is -2.48. The molecule has 3 aromatic rings. The normalized spacial score (nSPS) is 11.9. The van der Waals surface area contributed by atoms with E-state index in [1.54, 1.807) is 0 Å². The number of amides is 2. The Morgan fingerprint density at radius 3 is 2.56 bits per heavy atom. The molecule has 0 saturated heterocycles. The molecule has 0 radical (unpaired) electrons. The number of fused-ring (bicyclic) bond motifs is 1. The topological polar surface area (TPSA) is 109 Å². The zero-order valence-electron chi connectivity index (χ0n) is 13.3. The van der Waals surface area contributed by atoms with Crippen LogP contribution in [0.15, 0.2) is 55.1 Å². The van der Waals surface area contributed by atoms with Gasteiger partial charge in [-0.1, -0.05) is 42.5 Å². The Balaban J connectivity index is 1.66. The number of nitrogens with zero attached hydrogens (tertiary/aromatic N) is 3. The molecule has 1 unspecified atom stereocenters. The highest BCUT2D eigenvalue weighted by Crippen LogP contribution is 2.18. The van der Waals surface area contributed by atoms with Gasteiger partial charge in [0.25, 0.3) is 5.91 Å². The summed E-state index contributed by atoms with van der Waals surface area (Å²) in [6.07, 6.45) is 2.70. The van der Waals surface area contributed by atoms with Crippen molar-refractivity contribution in [3.05, 3.63) is 60.7 Å². The van der Waals surface area contributed by atoms with Crippen LogP contribution in [0.5, 0.6) is 0 Å². The van der Waals surface area contributed by atoms with Crippen LogP contribution in [0.1, 0.15) is 5.56 Å². The first kappa shape index (κ1) is 16.6. The van der Waals surface area contributed by atoms with Gasteiger partial charge < -0.3 is 10.4 Å². The van der Waals surface area contributed by atoms with Crippen molar-refractivity contribution < 1.29 is 14.7 Å². The zero-order valence-corrected chi connectivity index (χ0v) is 13.3. The molecule has 8 heteroatoms. The lowest BCUT2D eigenvalue weighted by atomic mass is 10.0. The molecular formula is C17H17N5O3. The van der Waals surface area contributed by atoms with Crippen molar-refractivity contribution in [2.45, 2.75) is 12.5 Å². The number of carbonyl (C=O) groups is 2. The Morgan fingerprint density at radius 1 is 1.08 bits per heavy atom. The first-order chi connectivity index (χ1) is 12.2. The van der Waals surface area contributed by atoms with E-state index in [1.807, 2.05) is 42.5 Å².